The Kier molecular flexibility index (Phi) is 7.20. The van der Waals surface area contributed by atoms with Gasteiger partial charge in [-0.2, -0.15) is 18.4 Å². The van der Waals surface area contributed by atoms with Crippen LogP contribution in [0.1, 0.15) is 66.7 Å². The van der Waals surface area contributed by atoms with Crippen molar-refractivity contribution in [3.63, 3.8) is 0 Å². The summed E-state index contributed by atoms with van der Waals surface area (Å²) in [5.41, 5.74) is 5.69. The number of carbonyl (C=O) groups excluding carboxylic acids is 2. The highest BCUT2D eigenvalue weighted by molar-refractivity contribution is 6.04. The van der Waals surface area contributed by atoms with Crippen LogP contribution in [0.2, 0.25) is 0 Å². The van der Waals surface area contributed by atoms with Crippen LogP contribution in [0.15, 0.2) is 55.0 Å². The summed E-state index contributed by atoms with van der Waals surface area (Å²) in [6.07, 6.45) is 4.37. The normalized spacial score (nSPS) is 23.4. The number of halogens is 3. The summed E-state index contributed by atoms with van der Waals surface area (Å²) in [6, 6.07) is 10.4. The van der Waals surface area contributed by atoms with Gasteiger partial charge in [-0.1, -0.05) is 12.1 Å². The van der Waals surface area contributed by atoms with Crippen molar-refractivity contribution in [2.75, 3.05) is 24.3 Å². The van der Waals surface area contributed by atoms with E-state index in [4.69, 9.17) is 15.5 Å². The maximum Gasteiger partial charge on any atom is 0.416 e. The fourth-order valence-electron chi connectivity index (χ4n) is 7.43. The van der Waals surface area contributed by atoms with Crippen LogP contribution in [0.25, 0.3) is 16.8 Å². The Labute approximate surface area is 267 Å². The van der Waals surface area contributed by atoms with Crippen LogP contribution in [0.3, 0.4) is 0 Å². The first-order valence-electron chi connectivity index (χ1n) is 15.4. The average Bonchev–Trinajstić information content (AvgIpc) is 3.76. The average molecular weight is 645 g/mol. The second-order valence-electron chi connectivity index (χ2n) is 12.8. The van der Waals surface area contributed by atoms with Crippen molar-refractivity contribution >= 4 is 29.0 Å². The van der Waals surface area contributed by atoms with Crippen LogP contribution in [-0.4, -0.2) is 49.9 Å². The molecule has 242 valence electrons. The minimum absolute atomic E-state index is 0.215. The van der Waals surface area contributed by atoms with Gasteiger partial charge in [0.1, 0.15) is 34.1 Å². The fourth-order valence-corrected chi connectivity index (χ4v) is 7.43. The Hall–Kier alpha value is -5.03. The van der Waals surface area contributed by atoms with Gasteiger partial charge in [-0.3, -0.25) is 14.0 Å². The molecule has 1 aliphatic heterocycles. The van der Waals surface area contributed by atoms with Gasteiger partial charge in [-0.25, -0.2) is 15.0 Å². The molecule has 2 amide bonds. The Bertz CT molecular complexity index is 1920. The zero-order valence-electron chi connectivity index (χ0n) is 25.2. The lowest BCUT2D eigenvalue weighted by molar-refractivity contribution is -0.137. The maximum atomic E-state index is 13.5. The number of carbonyl (C=O) groups is 2. The molecule has 14 heteroatoms. The number of hydrogen-bond acceptors (Lipinski definition) is 8. The number of nitrogens with two attached hydrogens (primary N) is 1. The third-order valence-electron chi connectivity index (χ3n) is 10.0. The standard InChI is InChI=1S/C33H31F3N8O3/c34-33(35,36)22-5-12-39-23(17-22)41-27(45)21-3-1-20(2-4-21)24-25-26(38)40-13-14-44(25)28(42-24)30-6-8-32(18-30,9-7-30)43-29(46)31(19-37)10-15-47-16-11-31/h1-5,12-14,17H,6-11,15-16,18H2,(H2,38,40)(H,43,46)(H,39,41,45). The summed E-state index contributed by atoms with van der Waals surface area (Å²) < 4.78 is 46.7. The number of nitrogens with zero attached hydrogens (tertiary/aromatic N) is 5. The topological polar surface area (TPSA) is 160 Å². The second-order valence-corrected chi connectivity index (χ2v) is 12.8. The molecule has 3 aliphatic rings. The molecule has 7 rings (SSSR count). The van der Waals surface area contributed by atoms with Gasteiger partial charge in [0.05, 0.1) is 11.6 Å². The molecule has 2 saturated carbocycles. The Balaban J connectivity index is 1.15. The number of amides is 2. The van der Waals surface area contributed by atoms with Gasteiger partial charge >= 0.3 is 6.18 Å². The monoisotopic (exact) mass is 644 g/mol. The van der Waals surface area contributed by atoms with E-state index >= 15 is 0 Å². The summed E-state index contributed by atoms with van der Waals surface area (Å²) in [5, 5.41) is 15.6. The highest BCUT2D eigenvalue weighted by atomic mass is 19.4. The van der Waals surface area contributed by atoms with E-state index in [0.29, 0.717) is 49.3 Å². The largest absolute Gasteiger partial charge is 0.416 e. The number of benzene rings is 1. The van der Waals surface area contributed by atoms with Crippen molar-refractivity contribution in [2.24, 2.45) is 5.41 Å². The minimum Gasteiger partial charge on any atom is -0.382 e. The molecule has 3 aromatic heterocycles. The van der Waals surface area contributed by atoms with E-state index in [2.05, 4.69) is 26.7 Å². The number of anilines is 2. The second kappa shape index (κ2) is 11.0. The number of alkyl halides is 3. The Morgan fingerprint density at radius 1 is 1.00 bits per heavy atom. The molecule has 4 N–H and O–H groups in total. The molecule has 2 aliphatic carbocycles. The van der Waals surface area contributed by atoms with Gasteiger partial charge in [0.2, 0.25) is 5.91 Å². The molecule has 0 unspecified atom stereocenters. The maximum absolute atomic E-state index is 13.5. The van der Waals surface area contributed by atoms with Crippen molar-refractivity contribution in [3.8, 4) is 17.3 Å². The van der Waals surface area contributed by atoms with Crippen LogP contribution >= 0.6 is 0 Å². The van der Waals surface area contributed by atoms with Gasteiger partial charge in [-0.05, 0) is 69.2 Å². The number of pyridine rings is 1. The molecule has 1 aromatic carbocycles. The molecule has 47 heavy (non-hydrogen) atoms. The van der Waals surface area contributed by atoms with Gasteiger partial charge in [0, 0.05) is 53.9 Å². The molecule has 1 saturated heterocycles. The van der Waals surface area contributed by atoms with Gasteiger partial charge in [0.25, 0.3) is 5.91 Å². The summed E-state index contributed by atoms with van der Waals surface area (Å²) in [7, 11) is 0. The van der Waals surface area contributed by atoms with Crippen molar-refractivity contribution in [1.29, 1.82) is 5.26 Å². The number of aromatic nitrogens is 4. The Morgan fingerprint density at radius 2 is 1.72 bits per heavy atom. The lowest BCUT2D eigenvalue weighted by atomic mass is 9.79. The molecule has 4 aromatic rings. The SMILES string of the molecule is N#CC1(C(=O)NC23CCC(c4nc(-c5ccc(C(=O)Nc6cc(C(F)(F)F)ccn6)cc5)c5c(N)nccn45)(CC2)C3)CCOCC1. The lowest BCUT2D eigenvalue weighted by Gasteiger charge is -2.35. The smallest absolute Gasteiger partial charge is 0.382 e. The van der Waals surface area contributed by atoms with Gasteiger partial charge in [0.15, 0.2) is 0 Å². The van der Waals surface area contributed by atoms with E-state index in [0.717, 1.165) is 49.8 Å². The van der Waals surface area contributed by atoms with E-state index in [9.17, 15) is 28.0 Å². The molecule has 0 spiro atoms. The molecule has 4 heterocycles. The molecule has 2 bridgehead atoms. The van der Waals surface area contributed by atoms with E-state index in [1.165, 1.54) is 0 Å². The van der Waals surface area contributed by atoms with Gasteiger partial charge < -0.3 is 21.1 Å². The summed E-state index contributed by atoms with van der Waals surface area (Å²) in [5.74, 6) is 0.0293. The van der Waals surface area contributed by atoms with Crippen LogP contribution in [0.4, 0.5) is 24.8 Å². The van der Waals surface area contributed by atoms with Crippen LogP contribution < -0.4 is 16.4 Å². The summed E-state index contributed by atoms with van der Waals surface area (Å²) in [4.78, 5) is 39.6. The first-order chi connectivity index (χ1) is 22.5. The van der Waals surface area contributed by atoms with Crippen molar-refractivity contribution in [2.45, 2.75) is 62.1 Å². The zero-order chi connectivity index (χ0) is 33.0. The first-order valence-corrected chi connectivity index (χ1v) is 15.4. The lowest BCUT2D eigenvalue weighted by Crippen LogP contribution is -2.52. The summed E-state index contributed by atoms with van der Waals surface area (Å²) in [6.45, 7) is 0.768. The number of fused-ring (bicyclic) bond motifs is 3. The van der Waals surface area contributed by atoms with Crippen molar-refractivity contribution < 1.29 is 27.5 Å². The number of nitriles is 1. The first kappa shape index (κ1) is 30.6. The highest BCUT2D eigenvalue weighted by Gasteiger charge is 2.58. The van der Waals surface area contributed by atoms with E-state index < -0.39 is 28.6 Å². The Morgan fingerprint density at radius 3 is 2.40 bits per heavy atom. The molecule has 0 radical (unpaired) electrons. The van der Waals surface area contributed by atoms with Gasteiger partial charge in [-0.15, -0.1) is 0 Å². The predicted octanol–water partition coefficient (Wildman–Crippen LogP) is 5.04. The van der Waals surface area contributed by atoms with Crippen molar-refractivity contribution in [1.82, 2.24) is 24.7 Å². The number of nitrogen functional groups attached to an aromatic ring is 1. The zero-order valence-corrected chi connectivity index (χ0v) is 25.2. The van der Waals surface area contributed by atoms with E-state index in [1.807, 2.05) is 10.6 Å². The molecule has 0 atom stereocenters. The quantitative estimate of drug-likeness (QED) is 0.263. The van der Waals surface area contributed by atoms with Crippen molar-refractivity contribution in [3.05, 3.63) is 71.9 Å². The predicted molar refractivity (Wildman–Crippen MR) is 164 cm³/mol. The number of imidazole rings is 1. The molecule has 11 nitrogen and oxygen atoms in total. The van der Waals surface area contributed by atoms with E-state index in [-0.39, 0.29) is 28.5 Å². The molecular formula is C33H31F3N8O3. The minimum atomic E-state index is -4.57. The number of hydrogen-bond donors (Lipinski definition) is 3. The highest BCUT2D eigenvalue weighted by Crippen LogP contribution is 2.58. The van der Waals surface area contributed by atoms with Crippen LogP contribution in [0.5, 0.6) is 0 Å². The van der Waals surface area contributed by atoms with Crippen LogP contribution in [-0.2, 0) is 21.1 Å². The third kappa shape index (κ3) is 5.24. The fraction of sp³-hybridized carbons (Fsp3) is 0.394. The molecule has 3 fully saturated rings. The molecular weight excluding hydrogens is 613 g/mol. The number of rotatable bonds is 6. The number of ether oxygens (including phenoxy) is 1. The summed E-state index contributed by atoms with van der Waals surface area (Å²) >= 11 is 0. The number of nitrogens with one attached hydrogen (secondary N) is 2. The third-order valence-corrected chi connectivity index (χ3v) is 10.0. The van der Waals surface area contributed by atoms with Crippen LogP contribution in [0, 0.1) is 16.7 Å². The van der Waals surface area contributed by atoms with E-state index in [1.54, 1.807) is 30.5 Å².